The maximum absolute atomic E-state index is 12.0. The second kappa shape index (κ2) is 11.4. The van der Waals surface area contributed by atoms with Crippen LogP contribution >= 0.6 is 0 Å². The summed E-state index contributed by atoms with van der Waals surface area (Å²) in [5, 5.41) is 15.5. The van der Waals surface area contributed by atoms with E-state index < -0.39 is 11.6 Å². The lowest BCUT2D eigenvalue weighted by Gasteiger charge is -2.24. The smallest absolute Gasteiger partial charge is 0.347 e. The van der Waals surface area contributed by atoms with E-state index in [2.05, 4.69) is 5.10 Å². The number of unbranched alkanes of at least 4 members (excludes halogenated alkanes) is 1. The van der Waals surface area contributed by atoms with Gasteiger partial charge in [-0.3, -0.25) is 9.69 Å². The van der Waals surface area contributed by atoms with E-state index in [1.165, 1.54) is 13.8 Å². The molecule has 0 radical (unpaired) electrons. The summed E-state index contributed by atoms with van der Waals surface area (Å²) < 4.78 is 5.61. The molecule has 7 heteroatoms. The minimum Gasteiger partial charge on any atom is -0.478 e. The fourth-order valence-electron chi connectivity index (χ4n) is 2.88. The summed E-state index contributed by atoms with van der Waals surface area (Å²) in [5.74, 6) is 0.358. The summed E-state index contributed by atoms with van der Waals surface area (Å²) in [4.78, 5) is 25.0. The minimum absolute atomic E-state index is 0.0124. The van der Waals surface area contributed by atoms with Crippen LogP contribution in [0.3, 0.4) is 0 Å². The number of carboxylic acid groups (broad SMARTS) is 1. The molecule has 1 aromatic rings. The third-order valence-electron chi connectivity index (χ3n) is 4.36. The number of hydrazone groups is 1. The van der Waals surface area contributed by atoms with Gasteiger partial charge in [0.2, 0.25) is 5.91 Å². The van der Waals surface area contributed by atoms with Crippen molar-refractivity contribution in [3.63, 3.8) is 0 Å². The molecule has 0 bridgehead atoms. The van der Waals surface area contributed by atoms with Crippen molar-refractivity contribution in [2.75, 3.05) is 20.6 Å². The van der Waals surface area contributed by atoms with Gasteiger partial charge in [0.05, 0.1) is 0 Å². The fourth-order valence-corrected chi connectivity index (χ4v) is 2.88. The van der Waals surface area contributed by atoms with Crippen molar-refractivity contribution in [1.29, 1.82) is 0 Å². The minimum atomic E-state index is -1.27. The number of amides is 1. The van der Waals surface area contributed by atoms with Crippen molar-refractivity contribution < 1.29 is 19.4 Å². The van der Waals surface area contributed by atoms with Crippen molar-refractivity contribution >= 4 is 17.7 Å². The molecule has 0 unspecified atom stereocenters. The van der Waals surface area contributed by atoms with E-state index in [1.54, 1.807) is 22.9 Å². The molecule has 0 saturated carbocycles. The number of carbonyl (C=O) groups excluding carboxylic acids is 1. The lowest BCUT2D eigenvalue weighted by Crippen LogP contribution is -2.37. The molecule has 162 valence electrons. The molecule has 0 aromatic heterocycles. The predicted molar refractivity (Wildman–Crippen MR) is 115 cm³/mol. The Morgan fingerprint density at radius 2 is 1.90 bits per heavy atom. The molecule has 1 aromatic carbocycles. The Morgan fingerprint density at radius 1 is 1.21 bits per heavy atom. The Labute approximate surface area is 174 Å². The van der Waals surface area contributed by atoms with Gasteiger partial charge < -0.3 is 14.9 Å². The van der Waals surface area contributed by atoms with Crippen LogP contribution in [-0.4, -0.2) is 59.0 Å². The number of benzene rings is 1. The molecule has 29 heavy (non-hydrogen) atoms. The summed E-state index contributed by atoms with van der Waals surface area (Å²) >= 11 is 0. The largest absolute Gasteiger partial charge is 0.478 e. The van der Waals surface area contributed by atoms with Crippen LogP contribution in [0.2, 0.25) is 0 Å². The van der Waals surface area contributed by atoms with Crippen LogP contribution in [0.15, 0.2) is 29.4 Å². The first-order chi connectivity index (χ1) is 13.6. The number of aryl methyl sites for hydroxylation is 1. The molecule has 0 atom stereocenters. The third kappa shape index (κ3) is 8.54. The second-order valence-corrected chi connectivity index (χ2v) is 7.81. The zero-order valence-electron chi connectivity index (χ0n) is 18.6. The van der Waals surface area contributed by atoms with E-state index in [1.807, 2.05) is 39.2 Å². The molecule has 0 aliphatic heterocycles. The topological polar surface area (TPSA) is 82.4 Å². The molecule has 0 spiro atoms. The summed E-state index contributed by atoms with van der Waals surface area (Å²) in [7, 11) is 3.71. The molecule has 0 aliphatic carbocycles. The normalized spacial score (nSPS) is 11.9. The van der Waals surface area contributed by atoms with Gasteiger partial charge in [0.15, 0.2) is 5.60 Å². The molecule has 0 fully saturated rings. The van der Waals surface area contributed by atoms with Crippen molar-refractivity contribution in [2.24, 2.45) is 5.10 Å². The number of ether oxygens (including phenoxy) is 1. The molecule has 0 saturated heterocycles. The number of carbonyl (C=O) groups is 2. The highest BCUT2D eigenvalue weighted by molar-refractivity contribution is 5.97. The maximum Gasteiger partial charge on any atom is 0.347 e. The first-order valence-corrected chi connectivity index (χ1v) is 10.1. The van der Waals surface area contributed by atoms with E-state index in [-0.39, 0.29) is 5.91 Å². The van der Waals surface area contributed by atoms with E-state index >= 15 is 0 Å². The number of nitrogens with zero attached hydrogens (tertiary/aromatic N) is 3. The van der Waals surface area contributed by atoms with Gasteiger partial charge in [-0.25, -0.2) is 4.79 Å². The van der Waals surface area contributed by atoms with Crippen LogP contribution in [0.1, 0.15) is 58.9 Å². The average Bonchev–Trinajstić information content (AvgIpc) is 2.61. The zero-order valence-corrected chi connectivity index (χ0v) is 18.6. The SMILES string of the molecule is CCCN(C(C)=O)/C(CCCCc1cccc(OC(C)(C)C(=O)O)c1)=N\N(C)C. The van der Waals surface area contributed by atoms with Gasteiger partial charge in [-0.2, -0.15) is 5.10 Å². The lowest BCUT2D eigenvalue weighted by molar-refractivity contribution is -0.152. The molecular weight excluding hydrogens is 370 g/mol. The Balaban J connectivity index is 2.69. The highest BCUT2D eigenvalue weighted by atomic mass is 16.5. The average molecular weight is 406 g/mol. The van der Waals surface area contributed by atoms with Crippen LogP contribution in [0.4, 0.5) is 0 Å². The van der Waals surface area contributed by atoms with Crippen molar-refractivity contribution in [3.05, 3.63) is 29.8 Å². The van der Waals surface area contributed by atoms with Gasteiger partial charge >= 0.3 is 5.97 Å². The molecule has 0 heterocycles. The zero-order chi connectivity index (χ0) is 22.0. The first kappa shape index (κ1) is 24.5. The predicted octanol–water partition coefficient (Wildman–Crippen LogP) is 3.78. The van der Waals surface area contributed by atoms with E-state index in [0.29, 0.717) is 12.3 Å². The summed E-state index contributed by atoms with van der Waals surface area (Å²) in [6.45, 7) is 7.35. The standard InChI is InChI=1S/C22H35N3O4/c1-7-15-25(17(2)26)20(23-24(5)6)14-9-8-11-18-12-10-13-19(16-18)29-22(3,4)21(27)28/h10,12-13,16H,7-9,11,14-15H2,1-6H3,(H,27,28)/b23-20-. The molecule has 1 N–H and O–H groups in total. The maximum atomic E-state index is 12.0. The second-order valence-electron chi connectivity index (χ2n) is 7.81. The van der Waals surface area contributed by atoms with Gasteiger partial charge in [0.25, 0.3) is 0 Å². The fraction of sp³-hybridized carbons (Fsp3) is 0.591. The van der Waals surface area contributed by atoms with E-state index in [9.17, 15) is 14.7 Å². The van der Waals surface area contributed by atoms with Crippen molar-refractivity contribution in [3.8, 4) is 5.75 Å². The van der Waals surface area contributed by atoms with Gasteiger partial charge in [0.1, 0.15) is 11.6 Å². The van der Waals surface area contributed by atoms with E-state index in [4.69, 9.17) is 4.74 Å². The van der Waals surface area contributed by atoms with Gasteiger partial charge in [-0.1, -0.05) is 19.1 Å². The number of amidine groups is 1. The number of carboxylic acids is 1. The molecular formula is C22H35N3O4. The Hall–Kier alpha value is -2.57. The first-order valence-electron chi connectivity index (χ1n) is 10.1. The molecule has 1 rings (SSSR count). The Morgan fingerprint density at radius 3 is 2.45 bits per heavy atom. The molecule has 7 nitrogen and oxygen atoms in total. The van der Waals surface area contributed by atoms with Gasteiger partial charge in [0, 0.05) is 34.0 Å². The molecule has 1 amide bonds. The van der Waals surface area contributed by atoms with Crippen molar-refractivity contribution in [2.45, 2.75) is 65.4 Å². The number of rotatable bonds is 11. The van der Waals surface area contributed by atoms with Gasteiger partial charge in [-0.15, -0.1) is 0 Å². The molecule has 0 aliphatic rings. The number of hydrogen-bond donors (Lipinski definition) is 1. The van der Waals surface area contributed by atoms with Crippen LogP contribution in [0.5, 0.6) is 5.75 Å². The highest BCUT2D eigenvalue weighted by Crippen LogP contribution is 2.21. The Bertz CT molecular complexity index is 714. The highest BCUT2D eigenvalue weighted by Gasteiger charge is 2.29. The number of aliphatic carboxylic acids is 1. The summed E-state index contributed by atoms with van der Waals surface area (Å²) in [6.07, 6.45) is 4.27. The quantitative estimate of drug-likeness (QED) is 0.262. The monoisotopic (exact) mass is 405 g/mol. The van der Waals surface area contributed by atoms with Crippen LogP contribution in [0.25, 0.3) is 0 Å². The van der Waals surface area contributed by atoms with Crippen LogP contribution < -0.4 is 4.74 Å². The third-order valence-corrected chi connectivity index (χ3v) is 4.36. The van der Waals surface area contributed by atoms with E-state index in [0.717, 1.165) is 43.5 Å². The number of hydrogen-bond acceptors (Lipinski definition) is 5. The summed E-state index contributed by atoms with van der Waals surface area (Å²) in [5.41, 5.74) is -0.183. The summed E-state index contributed by atoms with van der Waals surface area (Å²) in [6, 6.07) is 7.54. The van der Waals surface area contributed by atoms with Gasteiger partial charge in [-0.05, 0) is 57.2 Å². The lowest BCUT2D eigenvalue weighted by atomic mass is 10.1. The van der Waals surface area contributed by atoms with Crippen LogP contribution in [-0.2, 0) is 16.0 Å². The van der Waals surface area contributed by atoms with Crippen molar-refractivity contribution in [1.82, 2.24) is 9.91 Å². The van der Waals surface area contributed by atoms with Crippen LogP contribution in [0, 0.1) is 0 Å². The Kier molecular flexibility index (Phi) is 9.65.